The van der Waals surface area contributed by atoms with Gasteiger partial charge in [0.2, 0.25) is 11.8 Å². The first-order valence-electron chi connectivity index (χ1n) is 11.5. The molecule has 6 atom stereocenters. The maximum Gasteiger partial charge on any atom is 0.323 e. The molecule has 0 aromatic carbocycles. The van der Waals surface area contributed by atoms with Crippen LogP contribution in [0.25, 0.3) is 11.2 Å². The van der Waals surface area contributed by atoms with Gasteiger partial charge in [0.15, 0.2) is 17.4 Å². The van der Waals surface area contributed by atoms with Crippen molar-refractivity contribution in [3.05, 3.63) is 6.33 Å². The van der Waals surface area contributed by atoms with Gasteiger partial charge in [-0.15, -0.1) is 0 Å². The molecule has 1 saturated heterocycles. The summed E-state index contributed by atoms with van der Waals surface area (Å²) in [6.45, 7) is 8.49. The highest BCUT2D eigenvalue weighted by molar-refractivity contribution is 7.43. The Morgan fingerprint density at radius 1 is 1.36 bits per heavy atom. The van der Waals surface area contributed by atoms with Gasteiger partial charge in [-0.25, -0.2) is 10.1 Å². The Morgan fingerprint density at radius 2 is 2.06 bits per heavy atom. The maximum atomic E-state index is 12.4. The first-order chi connectivity index (χ1) is 16.8. The van der Waals surface area contributed by atoms with E-state index < -0.39 is 44.6 Å². The van der Waals surface area contributed by atoms with Crippen LogP contribution in [0, 0.1) is 5.92 Å². The van der Waals surface area contributed by atoms with Crippen LogP contribution in [-0.4, -0.2) is 84.3 Å². The van der Waals surface area contributed by atoms with Gasteiger partial charge in [0.05, 0.1) is 26.1 Å². The number of nitrogens with one attached hydrogen (secondary N) is 1. The van der Waals surface area contributed by atoms with E-state index in [-0.39, 0.29) is 36.1 Å². The molecule has 15 heteroatoms. The number of aromatic nitrogens is 4. The molecule has 6 N–H and O–H groups in total. The number of imidazole rings is 1. The summed E-state index contributed by atoms with van der Waals surface area (Å²) < 4.78 is 23.3. The van der Waals surface area contributed by atoms with Gasteiger partial charge in [0.25, 0.3) is 8.53 Å². The number of aliphatic hydroxyl groups is 2. The summed E-state index contributed by atoms with van der Waals surface area (Å²) in [6, 6.07) is -0.772. The highest BCUT2D eigenvalue weighted by Gasteiger charge is 2.53. The lowest BCUT2D eigenvalue weighted by Crippen LogP contribution is -2.44. The second-order valence-electron chi connectivity index (χ2n) is 9.48. The molecule has 202 valence electrons. The third-order valence-electron chi connectivity index (χ3n) is 5.58. The van der Waals surface area contributed by atoms with Crippen LogP contribution in [0.3, 0.4) is 0 Å². The van der Waals surface area contributed by atoms with E-state index in [1.807, 2.05) is 13.8 Å². The number of ether oxygens (including phenoxy) is 3. The Balaban J connectivity index is 1.71. The van der Waals surface area contributed by atoms with Crippen LogP contribution in [0.2, 0.25) is 0 Å². The van der Waals surface area contributed by atoms with Crippen molar-refractivity contribution in [1.82, 2.24) is 24.6 Å². The average molecular weight is 531 g/mol. The lowest BCUT2D eigenvalue weighted by Gasteiger charge is -2.27. The number of hydrogen-bond donors (Lipinski definition) is 5. The van der Waals surface area contributed by atoms with Crippen molar-refractivity contribution >= 4 is 31.6 Å². The van der Waals surface area contributed by atoms with E-state index in [0.29, 0.717) is 11.9 Å². The summed E-state index contributed by atoms with van der Waals surface area (Å²) in [5.41, 5.74) is 4.53. The quantitative estimate of drug-likeness (QED) is 0.200. The second kappa shape index (κ2) is 11.5. The van der Waals surface area contributed by atoms with Gasteiger partial charge in [0.1, 0.15) is 23.9 Å². The molecule has 14 nitrogen and oxygen atoms in total. The fraction of sp³-hybridized carbons (Fsp3) is 0.714. The van der Waals surface area contributed by atoms with Crippen LogP contribution in [0.1, 0.15) is 47.3 Å². The molecule has 2 aromatic rings. The third kappa shape index (κ3) is 6.20. The highest BCUT2D eigenvalue weighted by atomic mass is 31.2. The molecule has 3 rings (SSSR count). The van der Waals surface area contributed by atoms with E-state index in [1.54, 1.807) is 13.8 Å². The van der Waals surface area contributed by atoms with Crippen LogP contribution < -0.4 is 15.6 Å². The number of fused-ring (bicyclic) bond motifs is 1. The van der Waals surface area contributed by atoms with Gasteiger partial charge in [-0.2, -0.15) is 9.97 Å². The molecular formula is C21H35N6O8P. The van der Waals surface area contributed by atoms with Crippen molar-refractivity contribution in [2.24, 2.45) is 5.92 Å². The number of anilines is 1. The van der Waals surface area contributed by atoms with E-state index in [0.717, 1.165) is 0 Å². The zero-order chi connectivity index (χ0) is 26.8. The lowest BCUT2D eigenvalue weighted by atomic mass is 9.96. The van der Waals surface area contributed by atoms with Crippen LogP contribution in [0.15, 0.2) is 6.33 Å². The number of nitrogens with two attached hydrogens (primary N) is 1. The number of nitrogen functional groups attached to an aromatic ring is 1. The number of rotatable bonds is 11. The molecule has 1 aliphatic rings. The fourth-order valence-electron chi connectivity index (χ4n) is 3.90. The van der Waals surface area contributed by atoms with E-state index in [2.05, 4.69) is 20.0 Å². The third-order valence-corrected chi connectivity index (χ3v) is 6.50. The summed E-state index contributed by atoms with van der Waals surface area (Å²) in [6.07, 6.45) is -2.03. The van der Waals surface area contributed by atoms with Crippen molar-refractivity contribution in [2.45, 2.75) is 77.2 Å². The van der Waals surface area contributed by atoms with Crippen molar-refractivity contribution in [3.63, 3.8) is 0 Å². The summed E-state index contributed by atoms with van der Waals surface area (Å²) in [5.74, 6) is -0.253. The predicted octanol–water partition coefficient (Wildman–Crippen LogP) is 0.618. The SMILES string of the molecule is COc1nc(N)nc2c1ncn2C1OC(COP(O)N[C@@H](CC(C)C)C(=O)OC(C)C)[C@@H](O)[C@@]1(C)O. The molecule has 0 bridgehead atoms. The Hall–Kier alpha value is -2.19. The summed E-state index contributed by atoms with van der Waals surface area (Å²) in [7, 11) is -0.857. The summed E-state index contributed by atoms with van der Waals surface area (Å²) >= 11 is 0. The van der Waals surface area contributed by atoms with Crippen molar-refractivity contribution in [3.8, 4) is 5.88 Å². The molecule has 3 heterocycles. The smallest absolute Gasteiger partial charge is 0.323 e. The molecule has 1 fully saturated rings. The van der Waals surface area contributed by atoms with Gasteiger partial charge in [0, 0.05) is 0 Å². The van der Waals surface area contributed by atoms with E-state index in [4.69, 9.17) is 24.5 Å². The number of nitrogens with zero attached hydrogens (tertiary/aromatic N) is 4. The Labute approximate surface area is 210 Å². The number of carbonyl (C=O) groups is 1. The second-order valence-corrected chi connectivity index (χ2v) is 10.5. The number of hydrogen-bond acceptors (Lipinski definition) is 13. The minimum atomic E-state index is -2.27. The highest BCUT2D eigenvalue weighted by Crippen LogP contribution is 2.41. The lowest BCUT2D eigenvalue weighted by molar-refractivity contribution is -0.150. The molecule has 0 amide bonds. The molecule has 0 aliphatic carbocycles. The Kier molecular flexibility index (Phi) is 9.04. The number of carbonyl (C=O) groups excluding carboxylic acids is 1. The molecule has 0 spiro atoms. The van der Waals surface area contributed by atoms with Crippen molar-refractivity contribution in [1.29, 1.82) is 0 Å². The Bertz CT molecular complexity index is 1050. The van der Waals surface area contributed by atoms with Crippen LogP contribution in [0.4, 0.5) is 5.95 Å². The largest absolute Gasteiger partial charge is 0.479 e. The average Bonchev–Trinajstić information content (AvgIpc) is 3.28. The van der Waals surface area contributed by atoms with Crippen molar-refractivity contribution in [2.75, 3.05) is 19.5 Å². The van der Waals surface area contributed by atoms with Gasteiger partial charge in [-0.05, 0) is 33.1 Å². The molecule has 3 unspecified atom stereocenters. The zero-order valence-corrected chi connectivity index (χ0v) is 22.0. The van der Waals surface area contributed by atoms with E-state index in [9.17, 15) is 19.9 Å². The van der Waals surface area contributed by atoms with Crippen LogP contribution in [0.5, 0.6) is 5.88 Å². The molecule has 0 saturated carbocycles. The summed E-state index contributed by atoms with van der Waals surface area (Å²) in [5, 5.41) is 24.6. The monoisotopic (exact) mass is 530 g/mol. The molecule has 36 heavy (non-hydrogen) atoms. The zero-order valence-electron chi connectivity index (χ0n) is 21.2. The minimum Gasteiger partial charge on any atom is -0.479 e. The molecule has 0 radical (unpaired) electrons. The van der Waals surface area contributed by atoms with Gasteiger partial charge < -0.3 is 39.6 Å². The van der Waals surface area contributed by atoms with Crippen molar-refractivity contribution < 1.29 is 38.6 Å². The first-order valence-corrected chi connectivity index (χ1v) is 12.7. The molecule has 1 aliphatic heterocycles. The predicted molar refractivity (Wildman–Crippen MR) is 130 cm³/mol. The topological polar surface area (TPSA) is 196 Å². The maximum absolute atomic E-state index is 12.4. The first kappa shape index (κ1) is 28.4. The van der Waals surface area contributed by atoms with Crippen LogP contribution in [-0.2, 0) is 18.8 Å². The number of methoxy groups -OCH3 is 1. The minimum absolute atomic E-state index is 0.0666. The van der Waals surface area contributed by atoms with Gasteiger partial charge in [-0.3, -0.25) is 9.36 Å². The van der Waals surface area contributed by atoms with Crippen LogP contribution >= 0.6 is 8.53 Å². The summed E-state index contributed by atoms with van der Waals surface area (Å²) in [4.78, 5) is 35.2. The molecule has 2 aromatic heterocycles. The standard InChI is InChI=1S/C21H35N6O8P/c1-10(2)7-12(18(29)34-11(3)4)26-36(31)33-8-13-15(28)21(5,30)19(35-13)27-9-23-14-16(27)24-20(22)25-17(14)32-6/h9-13,15,19,26,28,30-31H,7-8H2,1-6H3,(H2,22,24,25)/t12-,13?,15+,19?,21+,36?/m0/s1. The number of aliphatic hydroxyl groups excluding tert-OH is 1. The van der Waals surface area contributed by atoms with Gasteiger partial charge >= 0.3 is 5.97 Å². The fourth-order valence-corrected chi connectivity index (χ4v) is 4.74. The van der Waals surface area contributed by atoms with E-state index in [1.165, 1.54) is 24.9 Å². The Morgan fingerprint density at radius 3 is 2.67 bits per heavy atom. The number of esters is 1. The van der Waals surface area contributed by atoms with Gasteiger partial charge in [-0.1, -0.05) is 13.8 Å². The van der Waals surface area contributed by atoms with E-state index >= 15 is 0 Å². The molecular weight excluding hydrogens is 495 g/mol. The normalized spacial score (nSPS) is 26.0.